The van der Waals surface area contributed by atoms with Crippen LogP contribution in [-0.4, -0.2) is 16.5 Å². The Bertz CT molecular complexity index is 617. The van der Waals surface area contributed by atoms with Crippen molar-refractivity contribution in [3.63, 3.8) is 0 Å². The smallest absolute Gasteiger partial charge is 0.101 e. The second kappa shape index (κ2) is 5.44. The Labute approximate surface area is 115 Å². The zero-order chi connectivity index (χ0) is 13.1. The number of nitrogens with two attached hydrogens (primary N) is 1. The Hall–Kier alpha value is -1.48. The second-order valence-electron chi connectivity index (χ2n) is 3.93. The van der Waals surface area contributed by atoms with Crippen LogP contribution in [0.1, 0.15) is 16.8 Å². The number of thiophene rings is 1. The zero-order valence-corrected chi connectivity index (χ0v) is 11.6. The summed E-state index contributed by atoms with van der Waals surface area (Å²) in [6, 6.07) is 6.13. The van der Waals surface area contributed by atoms with Gasteiger partial charge in [0.1, 0.15) is 6.07 Å². The Morgan fingerprint density at radius 2 is 2.39 bits per heavy atom. The van der Waals surface area contributed by atoms with Gasteiger partial charge in [0.05, 0.1) is 21.8 Å². The molecule has 18 heavy (non-hydrogen) atoms. The number of aryl methyl sites for hydroxylation is 1. The van der Waals surface area contributed by atoms with E-state index in [1.165, 1.54) is 5.56 Å². The van der Waals surface area contributed by atoms with E-state index in [1.54, 1.807) is 16.7 Å². The molecule has 0 amide bonds. The standard InChI is InChI=1S/C13H13N3S2/c1-9-2-5-18-13(9)12-10(7-15)6-11(8-17)16(12)4-3-14/h2,5-6,8H,3-4,14H2,1H3. The van der Waals surface area contributed by atoms with Crippen LogP contribution >= 0.6 is 23.6 Å². The molecule has 2 aromatic heterocycles. The topological polar surface area (TPSA) is 54.7 Å². The lowest BCUT2D eigenvalue weighted by Crippen LogP contribution is -2.13. The van der Waals surface area contributed by atoms with Gasteiger partial charge in [-0.25, -0.2) is 0 Å². The van der Waals surface area contributed by atoms with E-state index in [0.717, 1.165) is 16.3 Å². The molecule has 0 saturated carbocycles. The molecule has 0 saturated heterocycles. The first-order chi connectivity index (χ1) is 8.72. The molecule has 0 aromatic carbocycles. The van der Waals surface area contributed by atoms with Gasteiger partial charge in [-0.15, -0.1) is 11.3 Å². The van der Waals surface area contributed by atoms with Crippen LogP contribution in [0.2, 0.25) is 0 Å². The molecule has 2 rings (SSSR count). The third-order valence-corrected chi connectivity index (χ3v) is 4.06. The Balaban J connectivity index is 2.71. The zero-order valence-electron chi connectivity index (χ0n) is 10.0. The minimum Gasteiger partial charge on any atom is -0.337 e. The second-order valence-corrected chi connectivity index (χ2v) is 5.09. The van der Waals surface area contributed by atoms with Gasteiger partial charge in [-0.3, -0.25) is 0 Å². The summed E-state index contributed by atoms with van der Waals surface area (Å²) in [6.45, 7) is 3.23. The van der Waals surface area contributed by atoms with Gasteiger partial charge in [0.2, 0.25) is 0 Å². The molecule has 2 N–H and O–H groups in total. The lowest BCUT2D eigenvalue weighted by Gasteiger charge is -2.10. The van der Waals surface area contributed by atoms with Crippen LogP contribution in [0.4, 0.5) is 0 Å². The van der Waals surface area contributed by atoms with Gasteiger partial charge in [0.25, 0.3) is 0 Å². The van der Waals surface area contributed by atoms with E-state index in [2.05, 4.69) is 12.1 Å². The highest BCUT2D eigenvalue weighted by Gasteiger charge is 2.17. The van der Waals surface area contributed by atoms with Crippen LogP contribution in [0.3, 0.4) is 0 Å². The van der Waals surface area contributed by atoms with Crippen molar-refractivity contribution >= 4 is 28.9 Å². The van der Waals surface area contributed by atoms with Crippen molar-refractivity contribution in [3.05, 3.63) is 34.3 Å². The van der Waals surface area contributed by atoms with E-state index in [9.17, 15) is 5.26 Å². The molecular weight excluding hydrogens is 262 g/mol. The molecule has 0 bridgehead atoms. The van der Waals surface area contributed by atoms with Gasteiger partial charge >= 0.3 is 0 Å². The molecule has 5 heteroatoms. The molecule has 0 radical (unpaired) electrons. The summed E-state index contributed by atoms with van der Waals surface area (Å²) in [5.41, 5.74) is 9.28. The SMILES string of the molecule is Cc1ccsc1-c1c(C#N)cc(C=S)n1CCN. The monoisotopic (exact) mass is 275 g/mol. The molecule has 0 spiro atoms. The van der Waals surface area contributed by atoms with Crippen LogP contribution in [0.15, 0.2) is 17.5 Å². The normalized spacial score (nSPS) is 10.3. The largest absolute Gasteiger partial charge is 0.337 e. The maximum Gasteiger partial charge on any atom is 0.101 e. The Morgan fingerprint density at radius 3 is 2.89 bits per heavy atom. The maximum atomic E-state index is 9.27. The summed E-state index contributed by atoms with van der Waals surface area (Å²) in [5, 5.41) is 12.9. The summed E-state index contributed by atoms with van der Waals surface area (Å²) in [4.78, 5) is 1.11. The number of thiocarbonyl (C=S) groups is 1. The predicted octanol–water partition coefficient (Wildman–Crippen LogP) is 2.70. The molecule has 0 aliphatic carbocycles. The summed E-state index contributed by atoms with van der Waals surface area (Å²) < 4.78 is 2.03. The van der Waals surface area contributed by atoms with Crippen molar-refractivity contribution in [2.75, 3.05) is 6.54 Å². The molecule has 0 unspecified atom stereocenters. The first kappa shape index (κ1) is 13.0. The number of hydrogen-bond donors (Lipinski definition) is 1. The fourth-order valence-corrected chi connectivity index (χ4v) is 3.17. The molecule has 92 valence electrons. The van der Waals surface area contributed by atoms with Crippen molar-refractivity contribution in [1.29, 1.82) is 5.26 Å². The van der Waals surface area contributed by atoms with E-state index in [-0.39, 0.29) is 0 Å². The van der Waals surface area contributed by atoms with E-state index in [0.29, 0.717) is 18.7 Å². The highest BCUT2D eigenvalue weighted by atomic mass is 32.1. The minimum absolute atomic E-state index is 0.521. The number of hydrogen-bond acceptors (Lipinski definition) is 4. The molecule has 0 aliphatic heterocycles. The van der Waals surface area contributed by atoms with Gasteiger partial charge in [0.15, 0.2) is 0 Å². The molecule has 0 atom stereocenters. The van der Waals surface area contributed by atoms with Crippen LogP contribution in [0.5, 0.6) is 0 Å². The summed E-state index contributed by atoms with van der Waals surface area (Å²) in [6.07, 6.45) is 0. The first-order valence-corrected chi connectivity index (χ1v) is 6.91. The lowest BCUT2D eigenvalue weighted by atomic mass is 10.2. The quantitative estimate of drug-likeness (QED) is 0.873. The van der Waals surface area contributed by atoms with Crippen LogP contribution in [0.25, 0.3) is 10.6 Å². The van der Waals surface area contributed by atoms with Gasteiger partial charge in [-0.2, -0.15) is 5.26 Å². The van der Waals surface area contributed by atoms with Crippen LogP contribution in [-0.2, 0) is 6.54 Å². The molecular formula is C13H13N3S2. The van der Waals surface area contributed by atoms with Gasteiger partial charge in [0, 0.05) is 18.5 Å². The van der Waals surface area contributed by atoms with Crippen molar-refractivity contribution in [3.8, 4) is 16.6 Å². The third-order valence-electron chi connectivity index (χ3n) is 2.80. The summed E-state index contributed by atoms with van der Waals surface area (Å²) in [5.74, 6) is 0. The Morgan fingerprint density at radius 1 is 1.61 bits per heavy atom. The van der Waals surface area contributed by atoms with Gasteiger partial charge in [-0.1, -0.05) is 12.2 Å². The fourth-order valence-electron chi connectivity index (χ4n) is 1.98. The van der Waals surface area contributed by atoms with E-state index in [1.807, 2.05) is 22.9 Å². The van der Waals surface area contributed by atoms with E-state index >= 15 is 0 Å². The number of nitriles is 1. The third kappa shape index (κ3) is 2.10. The van der Waals surface area contributed by atoms with Crippen molar-refractivity contribution in [1.82, 2.24) is 4.57 Å². The average Bonchev–Trinajstić information content (AvgIpc) is 2.93. The summed E-state index contributed by atoms with van der Waals surface area (Å²) >= 11 is 6.65. The maximum absolute atomic E-state index is 9.27. The predicted molar refractivity (Wildman–Crippen MR) is 79.0 cm³/mol. The lowest BCUT2D eigenvalue weighted by molar-refractivity contribution is 0.717. The number of nitrogens with zero attached hydrogens (tertiary/aromatic N) is 2. The van der Waals surface area contributed by atoms with Gasteiger partial charge < -0.3 is 10.3 Å². The molecule has 0 aliphatic rings. The average molecular weight is 275 g/mol. The highest BCUT2D eigenvalue weighted by Crippen LogP contribution is 2.33. The molecule has 0 fully saturated rings. The Kier molecular flexibility index (Phi) is 3.92. The number of rotatable bonds is 4. The number of aromatic nitrogens is 1. The molecule has 2 heterocycles. The fraction of sp³-hybridized carbons (Fsp3) is 0.231. The van der Waals surface area contributed by atoms with Crippen molar-refractivity contribution in [2.45, 2.75) is 13.5 Å². The highest BCUT2D eigenvalue weighted by molar-refractivity contribution is 7.79. The van der Waals surface area contributed by atoms with Crippen LogP contribution in [0, 0.1) is 18.3 Å². The van der Waals surface area contributed by atoms with E-state index < -0.39 is 0 Å². The van der Waals surface area contributed by atoms with Crippen LogP contribution < -0.4 is 5.73 Å². The van der Waals surface area contributed by atoms with Gasteiger partial charge in [-0.05, 0) is 30.0 Å². The molecule has 2 aromatic rings. The summed E-state index contributed by atoms with van der Waals surface area (Å²) in [7, 11) is 0. The first-order valence-electron chi connectivity index (χ1n) is 5.56. The van der Waals surface area contributed by atoms with Crippen molar-refractivity contribution < 1.29 is 0 Å². The minimum atomic E-state index is 0.521. The molecule has 3 nitrogen and oxygen atoms in total. The van der Waals surface area contributed by atoms with Crippen molar-refractivity contribution in [2.24, 2.45) is 5.73 Å². The van der Waals surface area contributed by atoms with E-state index in [4.69, 9.17) is 18.0 Å².